The molecule has 0 amide bonds. The first-order valence-corrected chi connectivity index (χ1v) is 7.00. The van der Waals surface area contributed by atoms with Gasteiger partial charge in [0, 0.05) is 44.7 Å². The number of rotatable bonds is 6. The Labute approximate surface area is 116 Å². The third kappa shape index (κ3) is 3.75. The highest BCUT2D eigenvalue weighted by Crippen LogP contribution is 2.24. The minimum atomic E-state index is 0.576. The fraction of sp³-hybridized carbons (Fsp3) is 0.667. The maximum Gasteiger partial charge on any atom is 0.0589 e. The molecule has 1 aliphatic rings. The predicted molar refractivity (Wildman–Crippen MR) is 77.3 cm³/mol. The Balaban J connectivity index is 2.05. The Morgan fingerprint density at radius 2 is 2.11 bits per heavy atom. The van der Waals surface area contributed by atoms with Crippen LogP contribution in [-0.2, 0) is 11.2 Å². The SMILES string of the molecule is COCCN1CC[C@@H](N(C)C)[C@@H]1Cc1ccncc1. The molecular weight excluding hydrogens is 238 g/mol. The molecule has 0 spiro atoms. The fourth-order valence-corrected chi connectivity index (χ4v) is 3.01. The van der Waals surface area contributed by atoms with Gasteiger partial charge in [-0.3, -0.25) is 9.88 Å². The van der Waals surface area contributed by atoms with Crippen molar-refractivity contribution < 1.29 is 4.74 Å². The number of hydrogen-bond acceptors (Lipinski definition) is 4. The summed E-state index contributed by atoms with van der Waals surface area (Å²) in [5, 5.41) is 0. The zero-order valence-corrected chi connectivity index (χ0v) is 12.2. The van der Waals surface area contributed by atoms with Gasteiger partial charge in [0.1, 0.15) is 0 Å². The average molecular weight is 263 g/mol. The largest absolute Gasteiger partial charge is 0.383 e. The van der Waals surface area contributed by atoms with Crippen molar-refractivity contribution in [1.29, 1.82) is 0 Å². The minimum absolute atomic E-state index is 0.576. The summed E-state index contributed by atoms with van der Waals surface area (Å²) in [7, 11) is 6.14. The zero-order valence-electron chi connectivity index (χ0n) is 12.2. The van der Waals surface area contributed by atoms with E-state index in [1.165, 1.54) is 18.5 Å². The lowest BCUT2D eigenvalue weighted by Gasteiger charge is -2.31. The summed E-state index contributed by atoms with van der Waals surface area (Å²) in [6, 6.07) is 5.46. The number of pyridine rings is 1. The van der Waals surface area contributed by atoms with Gasteiger partial charge in [0.2, 0.25) is 0 Å². The minimum Gasteiger partial charge on any atom is -0.383 e. The van der Waals surface area contributed by atoms with Gasteiger partial charge in [0.05, 0.1) is 6.61 Å². The molecule has 0 radical (unpaired) electrons. The topological polar surface area (TPSA) is 28.6 Å². The van der Waals surface area contributed by atoms with Gasteiger partial charge in [0.15, 0.2) is 0 Å². The van der Waals surface area contributed by atoms with Gasteiger partial charge in [-0.15, -0.1) is 0 Å². The molecule has 0 unspecified atom stereocenters. The van der Waals surface area contributed by atoms with Crippen molar-refractivity contribution in [2.24, 2.45) is 0 Å². The normalized spacial score (nSPS) is 24.2. The molecule has 2 atom stereocenters. The van der Waals surface area contributed by atoms with Crippen molar-refractivity contribution in [3.05, 3.63) is 30.1 Å². The molecular formula is C15H25N3O. The van der Waals surface area contributed by atoms with Crippen LogP contribution in [0, 0.1) is 0 Å². The van der Waals surface area contributed by atoms with E-state index in [2.05, 4.69) is 41.0 Å². The van der Waals surface area contributed by atoms with Crippen LogP contribution in [0.3, 0.4) is 0 Å². The van der Waals surface area contributed by atoms with Crippen LogP contribution < -0.4 is 0 Å². The van der Waals surface area contributed by atoms with Gasteiger partial charge in [0.25, 0.3) is 0 Å². The van der Waals surface area contributed by atoms with Gasteiger partial charge in [-0.25, -0.2) is 0 Å². The fourth-order valence-electron chi connectivity index (χ4n) is 3.01. The Morgan fingerprint density at radius 1 is 1.37 bits per heavy atom. The van der Waals surface area contributed by atoms with Crippen molar-refractivity contribution in [2.45, 2.75) is 24.9 Å². The summed E-state index contributed by atoms with van der Waals surface area (Å²) in [6.07, 6.45) is 6.10. The second-order valence-corrected chi connectivity index (χ2v) is 5.48. The van der Waals surface area contributed by atoms with E-state index in [9.17, 15) is 0 Å². The Hall–Kier alpha value is -0.970. The predicted octanol–water partition coefficient (Wildman–Crippen LogP) is 1.27. The number of ether oxygens (including phenoxy) is 1. The summed E-state index contributed by atoms with van der Waals surface area (Å²) < 4.78 is 5.23. The molecule has 1 saturated heterocycles. The number of likely N-dealkylation sites (tertiary alicyclic amines) is 1. The van der Waals surface area contributed by atoms with E-state index in [-0.39, 0.29) is 0 Å². The first-order valence-electron chi connectivity index (χ1n) is 7.00. The van der Waals surface area contributed by atoms with Crippen LogP contribution in [-0.4, -0.2) is 67.8 Å². The van der Waals surface area contributed by atoms with E-state index in [0.717, 1.165) is 19.6 Å². The van der Waals surface area contributed by atoms with E-state index in [4.69, 9.17) is 4.74 Å². The molecule has 1 aliphatic heterocycles. The maximum absolute atomic E-state index is 5.23. The Morgan fingerprint density at radius 3 is 2.74 bits per heavy atom. The molecule has 0 N–H and O–H groups in total. The lowest BCUT2D eigenvalue weighted by atomic mass is 10.00. The van der Waals surface area contributed by atoms with Crippen LogP contribution in [0.2, 0.25) is 0 Å². The first-order chi connectivity index (χ1) is 9.22. The Kier molecular flexibility index (Phi) is 5.31. The molecule has 0 aliphatic carbocycles. The smallest absolute Gasteiger partial charge is 0.0589 e. The number of methoxy groups -OCH3 is 1. The molecule has 19 heavy (non-hydrogen) atoms. The molecule has 106 valence electrons. The second kappa shape index (κ2) is 6.98. The number of nitrogens with zero attached hydrogens (tertiary/aromatic N) is 3. The van der Waals surface area contributed by atoms with Crippen LogP contribution in [0.25, 0.3) is 0 Å². The summed E-state index contributed by atoms with van der Waals surface area (Å²) in [4.78, 5) is 9.02. The quantitative estimate of drug-likeness (QED) is 0.773. The zero-order chi connectivity index (χ0) is 13.7. The molecule has 0 bridgehead atoms. The molecule has 2 heterocycles. The third-order valence-electron chi connectivity index (χ3n) is 4.07. The molecule has 1 aromatic heterocycles. The van der Waals surface area contributed by atoms with Crippen molar-refractivity contribution in [3.63, 3.8) is 0 Å². The highest BCUT2D eigenvalue weighted by Gasteiger charge is 2.34. The number of aromatic nitrogens is 1. The van der Waals surface area contributed by atoms with E-state index in [1.54, 1.807) is 7.11 Å². The van der Waals surface area contributed by atoms with Crippen LogP contribution in [0.1, 0.15) is 12.0 Å². The number of hydrogen-bond donors (Lipinski definition) is 0. The van der Waals surface area contributed by atoms with Crippen molar-refractivity contribution in [3.8, 4) is 0 Å². The monoisotopic (exact) mass is 263 g/mol. The van der Waals surface area contributed by atoms with Gasteiger partial charge >= 0.3 is 0 Å². The molecule has 0 aromatic carbocycles. The van der Waals surface area contributed by atoms with E-state index in [1.807, 2.05) is 12.4 Å². The third-order valence-corrected chi connectivity index (χ3v) is 4.07. The Bertz CT molecular complexity index is 369. The summed E-state index contributed by atoms with van der Waals surface area (Å²) in [5.74, 6) is 0. The summed E-state index contributed by atoms with van der Waals surface area (Å²) in [6.45, 7) is 3.01. The van der Waals surface area contributed by atoms with Gasteiger partial charge in [-0.1, -0.05) is 0 Å². The summed E-state index contributed by atoms with van der Waals surface area (Å²) in [5.41, 5.74) is 1.37. The van der Waals surface area contributed by atoms with Crippen LogP contribution in [0.15, 0.2) is 24.5 Å². The second-order valence-electron chi connectivity index (χ2n) is 5.48. The lowest BCUT2D eigenvalue weighted by Crippen LogP contribution is -2.44. The summed E-state index contributed by atoms with van der Waals surface area (Å²) >= 11 is 0. The van der Waals surface area contributed by atoms with E-state index in [0.29, 0.717) is 12.1 Å². The van der Waals surface area contributed by atoms with Gasteiger partial charge in [-0.2, -0.15) is 0 Å². The van der Waals surface area contributed by atoms with E-state index >= 15 is 0 Å². The van der Waals surface area contributed by atoms with Gasteiger partial charge < -0.3 is 9.64 Å². The van der Waals surface area contributed by atoms with Gasteiger partial charge in [-0.05, 0) is 44.6 Å². The molecule has 0 saturated carbocycles. The van der Waals surface area contributed by atoms with Crippen molar-refractivity contribution in [1.82, 2.24) is 14.8 Å². The molecule has 2 rings (SSSR count). The van der Waals surface area contributed by atoms with E-state index < -0.39 is 0 Å². The average Bonchev–Trinajstić information content (AvgIpc) is 2.80. The lowest BCUT2D eigenvalue weighted by molar-refractivity contribution is 0.124. The van der Waals surface area contributed by atoms with Crippen molar-refractivity contribution in [2.75, 3.05) is 40.9 Å². The highest BCUT2D eigenvalue weighted by atomic mass is 16.5. The highest BCUT2D eigenvalue weighted by molar-refractivity contribution is 5.13. The first kappa shape index (κ1) is 14.4. The van der Waals surface area contributed by atoms with Crippen LogP contribution >= 0.6 is 0 Å². The molecule has 4 nitrogen and oxygen atoms in total. The van der Waals surface area contributed by atoms with Crippen molar-refractivity contribution >= 4 is 0 Å². The maximum atomic E-state index is 5.23. The van der Waals surface area contributed by atoms with Crippen LogP contribution in [0.4, 0.5) is 0 Å². The molecule has 1 aromatic rings. The molecule has 4 heteroatoms. The van der Waals surface area contributed by atoms with Crippen LogP contribution in [0.5, 0.6) is 0 Å². The molecule has 1 fully saturated rings. The number of likely N-dealkylation sites (N-methyl/N-ethyl adjacent to an activating group) is 1. The standard InChI is InChI=1S/C15H25N3O/c1-17(2)14-6-9-18(10-11-19-3)15(14)12-13-4-7-16-8-5-13/h4-5,7-8,14-15H,6,9-12H2,1-3H3/t14-,15+/m1/s1.